The van der Waals surface area contributed by atoms with Crippen LogP contribution < -0.4 is 5.32 Å². The first-order valence-electron chi connectivity index (χ1n) is 5.19. The van der Waals surface area contributed by atoms with Gasteiger partial charge < -0.3 is 5.32 Å². The molecule has 0 saturated heterocycles. The zero-order chi connectivity index (χ0) is 14.0. The average molecular weight is 438 g/mol. The number of carbonyl (C=O) groups is 1. The van der Waals surface area contributed by atoms with Gasteiger partial charge in [-0.1, -0.05) is 12.1 Å². The predicted molar refractivity (Wildman–Crippen MR) is 81.2 cm³/mol. The average Bonchev–Trinajstić information content (AvgIpc) is 2.36. The molecule has 2 rings (SSSR count). The summed E-state index contributed by atoms with van der Waals surface area (Å²) in [4.78, 5) is 12.0. The third-order valence-corrected chi connectivity index (χ3v) is 3.93. The van der Waals surface area contributed by atoms with Crippen molar-refractivity contribution in [3.8, 4) is 0 Å². The van der Waals surface area contributed by atoms with Gasteiger partial charge in [-0.25, -0.2) is 8.78 Å². The number of benzene rings is 2. The lowest BCUT2D eigenvalue weighted by Gasteiger charge is -2.08. The van der Waals surface area contributed by atoms with Crippen molar-refractivity contribution in [2.45, 2.75) is 0 Å². The molecule has 0 atom stereocenters. The summed E-state index contributed by atoms with van der Waals surface area (Å²) < 4.78 is 27.7. The summed E-state index contributed by atoms with van der Waals surface area (Å²) >= 11 is 4.88. The Hall–Kier alpha value is -1.02. The number of hydrogen-bond acceptors (Lipinski definition) is 1. The number of anilines is 1. The van der Waals surface area contributed by atoms with Crippen molar-refractivity contribution in [3.63, 3.8) is 0 Å². The van der Waals surface area contributed by atoms with E-state index in [0.29, 0.717) is 5.56 Å². The predicted octanol–water partition coefficient (Wildman–Crippen LogP) is 4.58. The maximum absolute atomic E-state index is 13.6. The number of amides is 1. The molecular weight excluding hydrogens is 431 g/mol. The lowest BCUT2D eigenvalue weighted by molar-refractivity contribution is 0.102. The van der Waals surface area contributed by atoms with Gasteiger partial charge in [0.2, 0.25) is 0 Å². The minimum atomic E-state index is -0.701. The highest BCUT2D eigenvalue weighted by Gasteiger charge is 2.14. The molecule has 2 aromatic carbocycles. The first-order valence-corrected chi connectivity index (χ1v) is 7.06. The van der Waals surface area contributed by atoms with E-state index in [1.54, 1.807) is 24.3 Å². The fraction of sp³-hybridized carbons (Fsp3) is 0. The molecule has 6 heteroatoms. The van der Waals surface area contributed by atoms with E-state index in [2.05, 4.69) is 21.2 Å². The quantitative estimate of drug-likeness (QED) is 0.540. The number of carbonyl (C=O) groups excluding carboxylic acids is 1. The molecule has 19 heavy (non-hydrogen) atoms. The Morgan fingerprint density at radius 1 is 1.16 bits per heavy atom. The van der Waals surface area contributed by atoms with Gasteiger partial charge >= 0.3 is 0 Å². The first kappa shape index (κ1) is 14.4. The molecule has 0 aromatic heterocycles. The van der Waals surface area contributed by atoms with Gasteiger partial charge in [0.15, 0.2) is 0 Å². The lowest BCUT2D eigenvalue weighted by atomic mass is 10.2. The molecule has 0 saturated carbocycles. The summed E-state index contributed by atoms with van der Waals surface area (Å²) in [6, 6.07) is 8.78. The van der Waals surface area contributed by atoms with Crippen LogP contribution in [0.25, 0.3) is 0 Å². The summed E-state index contributed by atoms with van der Waals surface area (Å²) in [5.74, 6) is -1.82. The zero-order valence-electron chi connectivity index (χ0n) is 9.38. The zero-order valence-corrected chi connectivity index (χ0v) is 13.1. The van der Waals surface area contributed by atoms with Gasteiger partial charge in [0.05, 0.1) is 15.7 Å². The van der Waals surface area contributed by atoms with Crippen molar-refractivity contribution in [3.05, 3.63) is 61.6 Å². The molecule has 0 aliphatic rings. The second-order valence-corrected chi connectivity index (χ2v) is 5.70. The molecule has 0 aliphatic carbocycles. The van der Waals surface area contributed by atoms with Crippen molar-refractivity contribution in [1.29, 1.82) is 0 Å². The largest absolute Gasteiger partial charge is 0.319 e. The monoisotopic (exact) mass is 437 g/mol. The molecule has 2 aromatic rings. The molecule has 98 valence electrons. The van der Waals surface area contributed by atoms with Gasteiger partial charge in [0.1, 0.15) is 11.6 Å². The minimum absolute atomic E-state index is 0.0114. The Balaban J connectivity index is 2.30. The second kappa shape index (κ2) is 5.96. The first-order chi connectivity index (χ1) is 8.99. The molecule has 0 spiro atoms. The molecular formula is C13H7BrF2INO. The second-order valence-electron chi connectivity index (χ2n) is 3.68. The maximum Gasteiger partial charge on any atom is 0.256 e. The van der Waals surface area contributed by atoms with Crippen LogP contribution in [0.1, 0.15) is 10.4 Å². The van der Waals surface area contributed by atoms with Crippen LogP contribution in [0.15, 0.2) is 40.9 Å². The van der Waals surface area contributed by atoms with Crippen LogP contribution in [0, 0.1) is 15.2 Å². The molecule has 0 bridgehead atoms. The Kier molecular flexibility index (Phi) is 4.51. The topological polar surface area (TPSA) is 29.1 Å². The Labute approximate surface area is 130 Å². The van der Waals surface area contributed by atoms with Crippen molar-refractivity contribution in [2.24, 2.45) is 0 Å². The maximum atomic E-state index is 13.6. The van der Waals surface area contributed by atoms with Crippen molar-refractivity contribution in [1.82, 2.24) is 0 Å². The van der Waals surface area contributed by atoms with Gasteiger partial charge in [-0.15, -0.1) is 0 Å². The Morgan fingerprint density at radius 2 is 1.84 bits per heavy atom. The number of rotatable bonds is 2. The highest BCUT2D eigenvalue weighted by atomic mass is 127. The van der Waals surface area contributed by atoms with Gasteiger partial charge in [0.25, 0.3) is 5.91 Å². The number of hydrogen-bond donors (Lipinski definition) is 1. The van der Waals surface area contributed by atoms with Crippen LogP contribution >= 0.6 is 38.5 Å². The van der Waals surface area contributed by atoms with E-state index in [4.69, 9.17) is 0 Å². The number of halogens is 4. The van der Waals surface area contributed by atoms with Gasteiger partial charge in [-0.3, -0.25) is 4.79 Å². The summed E-state index contributed by atoms with van der Waals surface area (Å²) in [5, 5.41) is 2.36. The third kappa shape index (κ3) is 3.30. The highest BCUT2D eigenvalue weighted by molar-refractivity contribution is 14.1. The standard InChI is InChI=1S/C13H7BrF2INO/c14-8-5-10(16)12(6-9(8)15)18-13(19)7-3-1-2-4-11(7)17/h1-6H,(H,18,19). The van der Waals surface area contributed by atoms with Crippen LogP contribution in [-0.2, 0) is 0 Å². The van der Waals surface area contributed by atoms with Gasteiger partial charge in [-0.2, -0.15) is 0 Å². The van der Waals surface area contributed by atoms with Crippen LogP contribution in [-0.4, -0.2) is 5.91 Å². The van der Waals surface area contributed by atoms with Gasteiger partial charge in [-0.05, 0) is 56.7 Å². The Morgan fingerprint density at radius 3 is 2.53 bits per heavy atom. The summed E-state index contributed by atoms with van der Waals surface area (Å²) in [7, 11) is 0. The smallest absolute Gasteiger partial charge is 0.256 e. The van der Waals surface area contributed by atoms with Crippen LogP contribution in [0.4, 0.5) is 14.5 Å². The normalized spacial score (nSPS) is 10.3. The summed E-state index contributed by atoms with van der Waals surface area (Å²) in [6.07, 6.45) is 0. The van der Waals surface area contributed by atoms with Crippen LogP contribution in [0.3, 0.4) is 0 Å². The molecule has 0 radical (unpaired) electrons. The molecule has 0 heterocycles. The fourth-order valence-electron chi connectivity index (χ4n) is 1.45. The van der Waals surface area contributed by atoms with E-state index in [1.165, 1.54) is 0 Å². The van der Waals surface area contributed by atoms with E-state index in [9.17, 15) is 13.6 Å². The van der Waals surface area contributed by atoms with Crippen LogP contribution in [0.2, 0.25) is 0 Å². The lowest BCUT2D eigenvalue weighted by Crippen LogP contribution is -2.14. The van der Waals surface area contributed by atoms with Crippen LogP contribution in [0.5, 0.6) is 0 Å². The molecule has 2 nitrogen and oxygen atoms in total. The molecule has 0 aliphatic heterocycles. The molecule has 1 amide bonds. The highest BCUT2D eigenvalue weighted by Crippen LogP contribution is 2.24. The number of nitrogens with one attached hydrogen (secondary N) is 1. The fourth-order valence-corrected chi connectivity index (χ4v) is 2.40. The van der Waals surface area contributed by atoms with Crippen molar-refractivity contribution < 1.29 is 13.6 Å². The van der Waals surface area contributed by atoms with E-state index in [-0.39, 0.29) is 10.2 Å². The van der Waals surface area contributed by atoms with Gasteiger partial charge in [0, 0.05) is 9.64 Å². The van der Waals surface area contributed by atoms with Crippen molar-refractivity contribution >= 4 is 50.1 Å². The van der Waals surface area contributed by atoms with E-state index >= 15 is 0 Å². The Bertz CT molecular complexity index is 649. The van der Waals surface area contributed by atoms with E-state index in [1.807, 2.05) is 22.6 Å². The third-order valence-electron chi connectivity index (χ3n) is 2.38. The minimum Gasteiger partial charge on any atom is -0.319 e. The SMILES string of the molecule is O=C(Nc1cc(F)c(Br)cc1F)c1ccccc1I. The molecule has 0 fully saturated rings. The van der Waals surface area contributed by atoms with E-state index < -0.39 is 17.5 Å². The summed E-state index contributed by atoms with van der Waals surface area (Å²) in [5.41, 5.74) is 0.219. The van der Waals surface area contributed by atoms with E-state index in [0.717, 1.165) is 15.7 Å². The molecule has 1 N–H and O–H groups in total. The van der Waals surface area contributed by atoms with Crippen molar-refractivity contribution in [2.75, 3.05) is 5.32 Å². The molecule has 0 unspecified atom stereocenters. The summed E-state index contributed by atoms with van der Waals surface area (Å²) in [6.45, 7) is 0.